The topological polar surface area (TPSA) is 52.6 Å². The van der Waals surface area contributed by atoms with Crippen molar-refractivity contribution >= 4 is 21.7 Å². The number of hydrogen-bond donors (Lipinski definition) is 1. The Morgan fingerprint density at radius 1 is 1.09 bits per heavy atom. The van der Waals surface area contributed by atoms with Crippen molar-refractivity contribution in [1.29, 1.82) is 0 Å². The van der Waals surface area contributed by atoms with E-state index in [-0.39, 0.29) is 0 Å². The van der Waals surface area contributed by atoms with E-state index in [1.54, 1.807) is 27.5 Å². The zero-order valence-electron chi connectivity index (χ0n) is 13.8. The number of aryl methyl sites for hydroxylation is 1. The van der Waals surface area contributed by atoms with E-state index in [0.29, 0.717) is 17.2 Å². The molecule has 0 saturated heterocycles. The molecular weight excluding hydrogens is 360 g/mol. The largest absolute Gasteiger partial charge is 0.493 e. The van der Waals surface area contributed by atoms with Crippen molar-refractivity contribution in [1.82, 2.24) is 4.98 Å². The molecule has 0 fully saturated rings. The number of benzene rings is 1. The molecule has 1 heterocycles. The molecule has 0 atom stereocenters. The fourth-order valence-electron chi connectivity index (χ4n) is 2.40. The highest BCUT2D eigenvalue weighted by molar-refractivity contribution is 9.10. The number of hydrogen-bond acceptors (Lipinski definition) is 5. The Kier molecular flexibility index (Phi) is 6.10. The van der Waals surface area contributed by atoms with E-state index in [1.165, 1.54) is 0 Å². The summed E-state index contributed by atoms with van der Waals surface area (Å²) in [5.74, 6) is 2.86. The maximum atomic E-state index is 5.50. The summed E-state index contributed by atoms with van der Waals surface area (Å²) in [4.78, 5) is 4.38. The second-order valence-corrected chi connectivity index (χ2v) is 5.90. The van der Waals surface area contributed by atoms with Gasteiger partial charge in [-0.2, -0.15) is 0 Å². The first-order valence-corrected chi connectivity index (χ1v) is 8.03. The minimum Gasteiger partial charge on any atom is -0.493 e. The normalized spacial score (nSPS) is 10.3. The molecule has 0 radical (unpaired) electrons. The lowest BCUT2D eigenvalue weighted by molar-refractivity contribution is 0.322. The Balaban J connectivity index is 2.11. The van der Waals surface area contributed by atoms with E-state index in [1.807, 2.05) is 25.1 Å². The summed E-state index contributed by atoms with van der Waals surface area (Å²) >= 11 is 3.42. The molecule has 0 unspecified atom stereocenters. The Bertz CT molecular complexity index is 677. The van der Waals surface area contributed by atoms with Gasteiger partial charge in [0.1, 0.15) is 5.82 Å². The number of nitrogens with one attached hydrogen (secondary N) is 1. The Morgan fingerprint density at radius 2 is 1.83 bits per heavy atom. The number of methoxy groups -OCH3 is 3. The fourth-order valence-corrected chi connectivity index (χ4v) is 2.85. The van der Waals surface area contributed by atoms with Gasteiger partial charge in [-0.05, 0) is 47.0 Å². The van der Waals surface area contributed by atoms with Gasteiger partial charge in [0, 0.05) is 22.8 Å². The highest BCUT2D eigenvalue weighted by Gasteiger charge is 2.15. The van der Waals surface area contributed by atoms with Crippen LogP contribution in [0.5, 0.6) is 17.2 Å². The highest BCUT2D eigenvalue weighted by Crippen LogP contribution is 2.39. The number of halogens is 1. The molecule has 23 heavy (non-hydrogen) atoms. The third-order valence-electron chi connectivity index (χ3n) is 3.52. The second kappa shape index (κ2) is 8.06. The zero-order valence-corrected chi connectivity index (χ0v) is 15.4. The van der Waals surface area contributed by atoms with E-state index in [4.69, 9.17) is 14.2 Å². The Morgan fingerprint density at radius 3 is 2.43 bits per heavy atom. The minimum absolute atomic E-state index is 0.616. The van der Waals surface area contributed by atoms with Crippen LogP contribution in [0.2, 0.25) is 0 Å². The van der Waals surface area contributed by atoms with Crippen LogP contribution in [-0.4, -0.2) is 32.9 Å². The number of aromatic nitrogens is 1. The van der Waals surface area contributed by atoms with Gasteiger partial charge in [-0.1, -0.05) is 6.07 Å². The molecule has 0 saturated carbocycles. The van der Waals surface area contributed by atoms with Crippen molar-refractivity contribution in [2.24, 2.45) is 0 Å². The molecule has 2 aromatic rings. The third-order valence-corrected chi connectivity index (χ3v) is 3.95. The highest BCUT2D eigenvalue weighted by atomic mass is 79.9. The molecule has 1 aromatic carbocycles. The molecule has 1 N–H and O–H groups in total. The molecule has 0 spiro atoms. The first-order valence-electron chi connectivity index (χ1n) is 7.24. The number of ether oxygens (including phenoxy) is 3. The maximum absolute atomic E-state index is 5.50. The molecule has 0 aliphatic heterocycles. The predicted molar refractivity (Wildman–Crippen MR) is 95.0 cm³/mol. The standard InChI is InChI=1S/C17H21BrN2O3/c1-11-9-13(18)10-20-17(11)19-8-7-12-5-6-14(21-2)16(23-4)15(12)22-3/h5-6,9-10H,7-8H2,1-4H3,(H,19,20). The lowest BCUT2D eigenvalue weighted by atomic mass is 10.1. The molecular formula is C17H21BrN2O3. The lowest BCUT2D eigenvalue weighted by Gasteiger charge is -2.16. The van der Waals surface area contributed by atoms with E-state index in [0.717, 1.165) is 34.4 Å². The van der Waals surface area contributed by atoms with Crippen LogP contribution in [-0.2, 0) is 6.42 Å². The van der Waals surface area contributed by atoms with Gasteiger partial charge in [0.2, 0.25) is 5.75 Å². The summed E-state index contributed by atoms with van der Waals surface area (Å²) in [5, 5.41) is 3.35. The van der Waals surface area contributed by atoms with Crippen molar-refractivity contribution in [3.05, 3.63) is 40.0 Å². The average molecular weight is 381 g/mol. The molecule has 0 aliphatic carbocycles. The third kappa shape index (κ3) is 4.07. The number of nitrogens with zero attached hydrogens (tertiary/aromatic N) is 1. The monoisotopic (exact) mass is 380 g/mol. The van der Waals surface area contributed by atoms with Gasteiger partial charge in [-0.25, -0.2) is 4.98 Å². The average Bonchev–Trinajstić information content (AvgIpc) is 2.55. The van der Waals surface area contributed by atoms with Crippen LogP contribution in [0.15, 0.2) is 28.9 Å². The van der Waals surface area contributed by atoms with Crippen LogP contribution in [0.1, 0.15) is 11.1 Å². The van der Waals surface area contributed by atoms with Gasteiger partial charge in [-0.3, -0.25) is 0 Å². The molecule has 1 aromatic heterocycles. The predicted octanol–water partition coefficient (Wildman–Crippen LogP) is 3.83. The SMILES string of the molecule is COc1ccc(CCNc2ncc(Br)cc2C)c(OC)c1OC. The summed E-state index contributed by atoms with van der Waals surface area (Å²) in [6, 6.07) is 5.91. The lowest BCUT2D eigenvalue weighted by Crippen LogP contribution is -2.09. The summed E-state index contributed by atoms with van der Waals surface area (Å²) in [7, 11) is 4.85. The molecule has 2 rings (SSSR count). The van der Waals surface area contributed by atoms with Crippen LogP contribution in [0, 0.1) is 6.92 Å². The maximum Gasteiger partial charge on any atom is 0.203 e. The van der Waals surface area contributed by atoms with E-state index in [9.17, 15) is 0 Å². The van der Waals surface area contributed by atoms with Crippen LogP contribution >= 0.6 is 15.9 Å². The first kappa shape index (κ1) is 17.4. The molecule has 0 aliphatic rings. The van der Waals surface area contributed by atoms with Crippen molar-refractivity contribution in [2.45, 2.75) is 13.3 Å². The molecule has 0 bridgehead atoms. The molecule has 6 heteroatoms. The summed E-state index contributed by atoms with van der Waals surface area (Å²) in [6.07, 6.45) is 2.56. The van der Waals surface area contributed by atoms with Gasteiger partial charge in [0.05, 0.1) is 21.3 Å². The number of anilines is 1. The zero-order chi connectivity index (χ0) is 16.8. The van der Waals surface area contributed by atoms with Crippen molar-refractivity contribution in [3.63, 3.8) is 0 Å². The van der Waals surface area contributed by atoms with Gasteiger partial charge in [0.25, 0.3) is 0 Å². The molecule has 0 amide bonds. The number of rotatable bonds is 7. The van der Waals surface area contributed by atoms with Gasteiger partial charge in [0.15, 0.2) is 11.5 Å². The first-order chi connectivity index (χ1) is 11.1. The quantitative estimate of drug-likeness (QED) is 0.790. The Hall–Kier alpha value is -1.95. The van der Waals surface area contributed by atoms with E-state index >= 15 is 0 Å². The summed E-state index contributed by atoms with van der Waals surface area (Å²) in [6.45, 7) is 2.76. The van der Waals surface area contributed by atoms with Gasteiger partial charge in [-0.15, -0.1) is 0 Å². The number of pyridine rings is 1. The Labute approximate surface area is 145 Å². The van der Waals surface area contributed by atoms with Gasteiger partial charge >= 0.3 is 0 Å². The summed E-state index contributed by atoms with van der Waals surface area (Å²) in [5.41, 5.74) is 2.14. The van der Waals surface area contributed by atoms with E-state index < -0.39 is 0 Å². The van der Waals surface area contributed by atoms with Crippen LogP contribution in [0.4, 0.5) is 5.82 Å². The molecule has 124 valence electrons. The van der Waals surface area contributed by atoms with Crippen molar-refractivity contribution in [2.75, 3.05) is 33.2 Å². The molecule has 5 nitrogen and oxygen atoms in total. The summed E-state index contributed by atoms with van der Waals surface area (Å²) < 4.78 is 17.2. The minimum atomic E-state index is 0.616. The van der Waals surface area contributed by atoms with Crippen LogP contribution < -0.4 is 19.5 Å². The van der Waals surface area contributed by atoms with Gasteiger partial charge < -0.3 is 19.5 Å². The van der Waals surface area contributed by atoms with Crippen molar-refractivity contribution in [3.8, 4) is 17.2 Å². The van der Waals surface area contributed by atoms with Crippen LogP contribution in [0.25, 0.3) is 0 Å². The van der Waals surface area contributed by atoms with Crippen molar-refractivity contribution < 1.29 is 14.2 Å². The van der Waals surface area contributed by atoms with E-state index in [2.05, 4.69) is 26.2 Å². The fraction of sp³-hybridized carbons (Fsp3) is 0.353. The smallest absolute Gasteiger partial charge is 0.203 e. The second-order valence-electron chi connectivity index (χ2n) is 4.99. The van der Waals surface area contributed by atoms with Crippen LogP contribution in [0.3, 0.4) is 0 Å².